The van der Waals surface area contributed by atoms with Crippen molar-refractivity contribution < 1.29 is 15.3 Å². The molecule has 31 heavy (non-hydrogen) atoms. The minimum absolute atomic E-state index is 0.0111. The zero-order chi connectivity index (χ0) is 22.8. The Hall–Kier alpha value is -1.48. The van der Waals surface area contributed by atoms with E-state index in [-0.39, 0.29) is 22.3 Å². The summed E-state index contributed by atoms with van der Waals surface area (Å²) >= 11 is 0. The van der Waals surface area contributed by atoms with E-state index in [1.54, 1.807) is 5.57 Å². The molecule has 6 unspecified atom stereocenters. The van der Waals surface area contributed by atoms with Crippen LogP contribution in [0.15, 0.2) is 17.7 Å². The van der Waals surface area contributed by atoms with Gasteiger partial charge < -0.3 is 15.3 Å². The molecule has 1 aromatic rings. The Kier molecular flexibility index (Phi) is 5.52. The van der Waals surface area contributed by atoms with Crippen molar-refractivity contribution in [3.8, 4) is 11.5 Å². The average Bonchev–Trinajstić information content (AvgIpc) is 2.75. The lowest BCUT2D eigenvalue weighted by molar-refractivity contribution is -0.0808. The third-order valence-electron chi connectivity index (χ3n) is 10.2. The summed E-state index contributed by atoms with van der Waals surface area (Å²) in [5.41, 5.74) is 5.81. The predicted molar refractivity (Wildman–Crippen MR) is 126 cm³/mol. The summed E-state index contributed by atoms with van der Waals surface area (Å²) in [5, 5.41) is 27.7. The van der Waals surface area contributed by atoms with Gasteiger partial charge in [-0.15, -0.1) is 0 Å². The zero-order valence-electron chi connectivity index (χ0n) is 20.4. The average molecular weight is 427 g/mol. The van der Waals surface area contributed by atoms with Crippen molar-refractivity contribution in [3.63, 3.8) is 0 Å². The van der Waals surface area contributed by atoms with Crippen LogP contribution >= 0.6 is 0 Å². The number of aliphatic hydroxyl groups is 1. The van der Waals surface area contributed by atoms with Gasteiger partial charge in [-0.1, -0.05) is 45.8 Å². The lowest BCUT2D eigenvalue weighted by atomic mass is 9.41. The lowest BCUT2D eigenvalue weighted by Crippen LogP contribution is -2.55. The molecule has 5 rings (SSSR count). The van der Waals surface area contributed by atoms with E-state index in [1.807, 2.05) is 13.0 Å². The van der Waals surface area contributed by atoms with E-state index in [0.29, 0.717) is 5.41 Å². The fraction of sp³-hybridized carbons (Fsp3) is 0.714. The number of aromatic hydroxyl groups is 2. The summed E-state index contributed by atoms with van der Waals surface area (Å²) in [6.45, 7) is 12.0. The third-order valence-corrected chi connectivity index (χ3v) is 10.2. The van der Waals surface area contributed by atoms with E-state index in [1.165, 1.54) is 49.7 Å². The van der Waals surface area contributed by atoms with Gasteiger partial charge in [0.2, 0.25) is 0 Å². The molecule has 3 N–H and O–H groups in total. The maximum atomic E-state index is 10.4. The van der Waals surface area contributed by atoms with E-state index < -0.39 is 0 Å². The summed E-state index contributed by atoms with van der Waals surface area (Å²) in [5.74, 6) is 2.62. The maximum Gasteiger partial charge on any atom is 0.160 e. The molecule has 0 heterocycles. The van der Waals surface area contributed by atoms with Crippen LogP contribution in [0.1, 0.15) is 89.3 Å². The highest BCUT2D eigenvalue weighted by Crippen LogP contribution is 2.68. The van der Waals surface area contributed by atoms with Gasteiger partial charge in [-0.2, -0.15) is 0 Å². The molecular formula is C28H42O3. The van der Waals surface area contributed by atoms with E-state index in [4.69, 9.17) is 5.11 Å². The second-order valence-corrected chi connectivity index (χ2v) is 11.8. The Morgan fingerprint density at radius 1 is 0.935 bits per heavy atom. The van der Waals surface area contributed by atoms with Crippen LogP contribution in [0.2, 0.25) is 0 Å². The minimum atomic E-state index is -0.0111. The van der Waals surface area contributed by atoms with E-state index in [9.17, 15) is 10.2 Å². The molecule has 3 fully saturated rings. The molecule has 0 bridgehead atoms. The highest BCUT2D eigenvalue weighted by atomic mass is 16.3. The van der Waals surface area contributed by atoms with Crippen LogP contribution in [0.25, 0.3) is 0 Å². The molecule has 0 saturated heterocycles. The minimum Gasteiger partial charge on any atom is -0.504 e. The van der Waals surface area contributed by atoms with E-state index in [2.05, 4.69) is 33.8 Å². The molecular weight excluding hydrogens is 384 g/mol. The van der Waals surface area contributed by atoms with Crippen molar-refractivity contribution in [3.05, 3.63) is 34.4 Å². The summed E-state index contributed by atoms with van der Waals surface area (Å²) < 4.78 is 0. The van der Waals surface area contributed by atoms with E-state index in [0.717, 1.165) is 43.3 Å². The topological polar surface area (TPSA) is 60.7 Å². The summed E-state index contributed by atoms with van der Waals surface area (Å²) in [6.07, 6.45) is 12.8. The lowest BCUT2D eigenvalue weighted by Gasteiger charge is -2.64. The molecule has 0 aromatic heterocycles. The molecule has 3 heteroatoms. The fourth-order valence-corrected chi connectivity index (χ4v) is 8.32. The van der Waals surface area contributed by atoms with Gasteiger partial charge in [0.25, 0.3) is 0 Å². The van der Waals surface area contributed by atoms with Crippen molar-refractivity contribution in [1.82, 2.24) is 0 Å². The first-order valence-electron chi connectivity index (χ1n) is 12.3. The largest absolute Gasteiger partial charge is 0.504 e. The monoisotopic (exact) mass is 426 g/mol. The second kappa shape index (κ2) is 7.54. The summed E-state index contributed by atoms with van der Waals surface area (Å²) in [6, 6.07) is 1.88. The number of allylic oxidation sites excluding steroid dienone is 2. The molecule has 6 atom stereocenters. The van der Waals surface area contributed by atoms with Crippen molar-refractivity contribution in [2.75, 3.05) is 7.11 Å². The first kappa shape index (κ1) is 22.7. The third kappa shape index (κ3) is 3.09. The van der Waals surface area contributed by atoms with Gasteiger partial charge >= 0.3 is 0 Å². The van der Waals surface area contributed by atoms with Gasteiger partial charge in [0.05, 0.1) is 0 Å². The molecule has 3 saturated carbocycles. The molecule has 0 spiro atoms. The normalized spacial score (nSPS) is 40.9. The smallest absolute Gasteiger partial charge is 0.160 e. The number of phenolic OH excluding ortho intramolecular Hbond substituents is 2. The molecule has 4 aliphatic rings. The highest BCUT2D eigenvalue weighted by Gasteiger charge is 2.59. The summed E-state index contributed by atoms with van der Waals surface area (Å²) in [7, 11) is 1.00. The van der Waals surface area contributed by atoms with E-state index >= 15 is 0 Å². The van der Waals surface area contributed by atoms with Crippen LogP contribution in [-0.2, 0) is 11.8 Å². The van der Waals surface area contributed by atoms with Gasteiger partial charge in [0, 0.05) is 12.5 Å². The first-order chi connectivity index (χ1) is 14.6. The standard InChI is InChI=1S/C27H38O2.CH4O/c1-16-8-10-25(3)12-13-27(5)19(21(25)14-16)9-11-26(4)20-15-22(28)24(29)17(2)18(20)6-7-23(26)27;1-2/h7,15-16,19,21,28-29H,6,8-14H2,1-5H3;2H,1H3. The molecule has 0 amide bonds. The van der Waals surface area contributed by atoms with Gasteiger partial charge in [0.15, 0.2) is 11.5 Å². The Morgan fingerprint density at radius 3 is 2.35 bits per heavy atom. The van der Waals surface area contributed by atoms with Gasteiger partial charge in [-0.05, 0) is 103 Å². The quantitative estimate of drug-likeness (QED) is 0.332. The van der Waals surface area contributed by atoms with Crippen molar-refractivity contribution >= 4 is 0 Å². The molecule has 1 aromatic carbocycles. The van der Waals surface area contributed by atoms with Gasteiger partial charge in [-0.25, -0.2) is 0 Å². The SMILES string of the molecule is CO.Cc1c(O)c(O)cc2c1CC=C1C2(C)CCC2C3CC(C)CCC3(C)CCC12C. The number of hydrogen-bond donors (Lipinski definition) is 3. The van der Waals surface area contributed by atoms with Crippen molar-refractivity contribution in [1.29, 1.82) is 0 Å². The van der Waals surface area contributed by atoms with Crippen LogP contribution in [0, 0.1) is 35.5 Å². The number of benzene rings is 1. The van der Waals surface area contributed by atoms with Crippen molar-refractivity contribution in [2.24, 2.45) is 28.6 Å². The molecule has 4 aliphatic carbocycles. The fourth-order valence-electron chi connectivity index (χ4n) is 8.32. The molecule has 0 aliphatic heterocycles. The zero-order valence-corrected chi connectivity index (χ0v) is 20.4. The predicted octanol–water partition coefficient (Wildman–Crippen LogP) is 6.41. The Morgan fingerprint density at radius 2 is 1.65 bits per heavy atom. The first-order valence-corrected chi connectivity index (χ1v) is 12.3. The van der Waals surface area contributed by atoms with Crippen LogP contribution in [0.3, 0.4) is 0 Å². The summed E-state index contributed by atoms with van der Waals surface area (Å²) in [4.78, 5) is 0. The molecule has 172 valence electrons. The molecule has 3 nitrogen and oxygen atoms in total. The second-order valence-electron chi connectivity index (χ2n) is 11.8. The number of rotatable bonds is 0. The number of aliphatic hydroxyl groups excluding tert-OH is 1. The Bertz CT molecular complexity index is 902. The van der Waals surface area contributed by atoms with Crippen LogP contribution in [-0.4, -0.2) is 22.4 Å². The van der Waals surface area contributed by atoms with Crippen LogP contribution in [0.5, 0.6) is 11.5 Å². The van der Waals surface area contributed by atoms with Crippen LogP contribution in [0.4, 0.5) is 0 Å². The molecule has 0 radical (unpaired) electrons. The Balaban J connectivity index is 0.00000112. The Labute approximate surface area is 188 Å². The highest BCUT2D eigenvalue weighted by molar-refractivity contribution is 5.60. The number of phenols is 2. The van der Waals surface area contributed by atoms with Crippen LogP contribution < -0.4 is 0 Å². The maximum absolute atomic E-state index is 10.4. The number of hydrogen-bond acceptors (Lipinski definition) is 3. The van der Waals surface area contributed by atoms with Gasteiger partial charge in [0.1, 0.15) is 0 Å². The van der Waals surface area contributed by atoms with Gasteiger partial charge in [-0.3, -0.25) is 0 Å². The number of fused-ring (bicyclic) bond motifs is 7. The van der Waals surface area contributed by atoms with Crippen molar-refractivity contribution in [2.45, 2.75) is 91.4 Å².